The topological polar surface area (TPSA) is 40.6 Å². The highest BCUT2D eigenvalue weighted by atomic mass is 15.2. The Morgan fingerprint density at radius 2 is 0.804 bits per heavy atom. The van der Waals surface area contributed by atoms with E-state index in [0.717, 1.165) is 44.6 Å². The summed E-state index contributed by atoms with van der Waals surface area (Å²) < 4.78 is 6.93. The van der Waals surface area contributed by atoms with Crippen LogP contribution in [-0.2, 0) is 0 Å². The molecular formula is C46H29N5. The second-order valence-electron chi connectivity index (χ2n) is 13.1. The Morgan fingerprint density at radius 1 is 0.333 bits per heavy atom. The van der Waals surface area contributed by atoms with Crippen molar-refractivity contribution in [3.8, 4) is 28.5 Å². The van der Waals surface area contributed by atoms with Gasteiger partial charge in [-0.1, -0.05) is 109 Å². The van der Waals surface area contributed by atoms with E-state index >= 15 is 0 Å². The number of para-hydroxylation sites is 6. The Labute approximate surface area is 292 Å². The Hall–Kier alpha value is -6.98. The molecule has 4 heterocycles. The van der Waals surface area contributed by atoms with Gasteiger partial charge >= 0.3 is 0 Å². The number of hydrogen-bond donors (Lipinski definition) is 0. The highest BCUT2D eigenvalue weighted by Crippen LogP contribution is 2.40. The molecule has 0 saturated carbocycles. The first-order valence-electron chi connectivity index (χ1n) is 17.3. The van der Waals surface area contributed by atoms with Crippen molar-refractivity contribution in [2.45, 2.75) is 0 Å². The van der Waals surface area contributed by atoms with Crippen LogP contribution in [0.15, 0.2) is 176 Å². The van der Waals surface area contributed by atoms with E-state index < -0.39 is 0 Å². The zero-order valence-electron chi connectivity index (χ0n) is 27.5. The van der Waals surface area contributed by atoms with Crippen LogP contribution in [0.25, 0.3) is 93.9 Å². The lowest BCUT2D eigenvalue weighted by Gasteiger charge is -2.12. The number of aromatic nitrogens is 5. The number of hydrogen-bond acceptors (Lipinski definition) is 2. The van der Waals surface area contributed by atoms with Gasteiger partial charge in [0.1, 0.15) is 0 Å². The highest BCUT2D eigenvalue weighted by Gasteiger charge is 2.20. The van der Waals surface area contributed by atoms with E-state index in [0.29, 0.717) is 5.95 Å². The summed E-state index contributed by atoms with van der Waals surface area (Å²) in [7, 11) is 0. The third-order valence-electron chi connectivity index (χ3n) is 10.3. The van der Waals surface area contributed by atoms with Crippen molar-refractivity contribution in [1.82, 2.24) is 23.7 Å². The maximum Gasteiger partial charge on any atom is 0.234 e. The van der Waals surface area contributed by atoms with Crippen molar-refractivity contribution < 1.29 is 0 Å². The zero-order chi connectivity index (χ0) is 33.5. The van der Waals surface area contributed by atoms with Gasteiger partial charge in [0.05, 0.1) is 33.1 Å². The number of nitrogens with zero attached hydrogens (tertiary/aromatic N) is 5. The largest absolute Gasteiger partial charge is 0.309 e. The number of rotatable bonds is 4. The predicted molar refractivity (Wildman–Crippen MR) is 210 cm³/mol. The summed E-state index contributed by atoms with van der Waals surface area (Å²) in [6, 6.07) is 58.2. The van der Waals surface area contributed by atoms with Gasteiger partial charge in [-0.2, -0.15) is 0 Å². The quantitative estimate of drug-likeness (QED) is 0.190. The Bertz CT molecular complexity index is 3110. The monoisotopic (exact) mass is 651 g/mol. The van der Waals surface area contributed by atoms with E-state index in [4.69, 9.17) is 9.97 Å². The molecule has 0 aliphatic rings. The van der Waals surface area contributed by atoms with Crippen molar-refractivity contribution in [2.75, 3.05) is 0 Å². The molecular weight excluding hydrogens is 623 g/mol. The van der Waals surface area contributed by atoms with Gasteiger partial charge in [0.15, 0.2) is 0 Å². The molecule has 0 N–H and O–H groups in total. The molecule has 0 aliphatic carbocycles. The van der Waals surface area contributed by atoms with Crippen LogP contribution >= 0.6 is 0 Å². The first kappa shape index (κ1) is 27.9. The van der Waals surface area contributed by atoms with E-state index in [2.05, 4.69) is 177 Å². The van der Waals surface area contributed by atoms with Gasteiger partial charge in [-0.05, 0) is 54.6 Å². The van der Waals surface area contributed by atoms with Gasteiger partial charge < -0.3 is 9.13 Å². The smallest absolute Gasteiger partial charge is 0.234 e. The van der Waals surface area contributed by atoms with Crippen LogP contribution in [0.5, 0.6) is 0 Å². The molecule has 0 unspecified atom stereocenters. The molecule has 0 spiro atoms. The van der Waals surface area contributed by atoms with E-state index in [1.807, 2.05) is 12.4 Å². The summed E-state index contributed by atoms with van der Waals surface area (Å²) in [6.07, 6.45) is 3.95. The summed E-state index contributed by atoms with van der Waals surface area (Å²) in [5, 5.41) is 7.24. The standard InChI is InChI=1S/C46H29N5/c1-3-14-31(15-4-1)49-40-23-10-8-19-35(40)38-26-39-36-20-9-12-25-42(36)51(44(39)27-43(38)49)46-47-28-30(29-48-46)33-21-13-22-37-34-18-7-11-24-41(34)50(45(33)37)32-16-5-2-6-17-32/h1-29H. The molecule has 7 aromatic carbocycles. The molecule has 5 heteroatoms. The fourth-order valence-electron chi connectivity index (χ4n) is 8.17. The minimum atomic E-state index is 0.641. The molecule has 51 heavy (non-hydrogen) atoms. The van der Waals surface area contributed by atoms with Crippen LogP contribution in [0.1, 0.15) is 0 Å². The summed E-state index contributed by atoms with van der Waals surface area (Å²) in [5.74, 6) is 0.641. The Morgan fingerprint density at radius 3 is 1.43 bits per heavy atom. The molecule has 0 atom stereocenters. The third-order valence-corrected chi connectivity index (χ3v) is 10.3. The molecule has 238 valence electrons. The molecule has 0 bridgehead atoms. The summed E-state index contributed by atoms with van der Waals surface area (Å²) >= 11 is 0. The van der Waals surface area contributed by atoms with Crippen LogP contribution in [0.3, 0.4) is 0 Å². The molecule has 0 radical (unpaired) electrons. The fourth-order valence-corrected chi connectivity index (χ4v) is 8.17. The van der Waals surface area contributed by atoms with Crippen LogP contribution < -0.4 is 0 Å². The van der Waals surface area contributed by atoms with Gasteiger partial charge in [-0.15, -0.1) is 0 Å². The van der Waals surface area contributed by atoms with Crippen molar-refractivity contribution in [3.05, 3.63) is 176 Å². The van der Waals surface area contributed by atoms with Crippen LogP contribution in [0.2, 0.25) is 0 Å². The molecule has 0 fully saturated rings. The van der Waals surface area contributed by atoms with Gasteiger partial charge in [-0.25, -0.2) is 9.97 Å². The maximum absolute atomic E-state index is 5.10. The average Bonchev–Trinajstić information content (AvgIpc) is 3.83. The second kappa shape index (κ2) is 10.8. The van der Waals surface area contributed by atoms with Crippen LogP contribution in [-0.4, -0.2) is 23.7 Å². The molecule has 5 nitrogen and oxygen atoms in total. The van der Waals surface area contributed by atoms with Crippen molar-refractivity contribution in [3.63, 3.8) is 0 Å². The van der Waals surface area contributed by atoms with E-state index in [9.17, 15) is 0 Å². The van der Waals surface area contributed by atoms with Crippen LogP contribution in [0, 0.1) is 0 Å². The van der Waals surface area contributed by atoms with E-state index in [1.54, 1.807) is 0 Å². The second-order valence-corrected chi connectivity index (χ2v) is 13.1. The normalized spacial score (nSPS) is 11.9. The minimum Gasteiger partial charge on any atom is -0.309 e. The van der Waals surface area contributed by atoms with Gasteiger partial charge in [0, 0.05) is 67.2 Å². The highest BCUT2D eigenvalue weighted by molar-refractivity contribution is 6.19. The lowest BCUT2D eigenvalue weighted by atomic mass is 10.0. The maximum atomic E-state index is 5.10. The fraction of sp³-hybridized carbons (Fsp3) is 0. The first-order valence-corrected chi connectivity index (χ1v) is 17.3. The third kappa shape index (κ3) is 4.03. The summed E-state index contributed by atoms with van der Waals surface area (Å²) in [4.78, 5) is 10.2. The first-order chi connectivity index (χ1) is 25.3. The molecule has 4 aromatic heterocycles. The summed E-state index contributed by atoms with van der Waals surface area (Å²) in [5.41, 5.74) is 11.1. The Kier molecular flexibility index (Phi) is 5.89. The van der Waals surface area contributed by atoms with Gasteiger partial charge in [0.25, 0.3) is 0 Å². The van der Waals surface area contributed by atoms with Crippen molar-refractivity contribution >= 4 is 65.4 Å². The van der Waals surface area contributed by atoms with Crippen molar-refractivity contribution in [2.24, 2.45) is 0 Å². The lowest BCUT2D eigenvalue weighted by Crippen LogP contribution is -2.01. The minimum absolute atomic E-state index is 0.641. The number of benzene rings is 7. The molecule has 0 amide bonds. The lowest BCUT2D eigenvalue weighted by molar-refractivity contribution is 0.990. The van der Waals surface area contributed by atoms with Gasteiger partial charge in [0.2, 0.25) is 5.95 Å². The van der Waals surface area contributed by atoms with E-state index in [-0.39, 0.29) is 0 Å². The molecule has 0 aliphatic heterocycles. The van der Waals surface area contributed by atoms with Crippen LogP contribution in [0.4, 0.5) is 0 Å². The number of fused-ring (bicyclic) bond motifs is 9. The van der Waals surface area contributed by atoms with Crippen molar-refractivity contribution in [1.29, 1.82) is 0 Å². The van der Waals surface area contributed by atoms with Gasteiger partial charge in [-0.3, -0.25) is 4.57 Å². The van der Waals surface area contributed by atoms with E-state index in [1.165, 1.54) is 43.4 Å². The molecule has 11 rings (SSSR count). The molecule has 0 saturated heterocycles. The summed E-state index contributed by atoms with van der Waals surface area (Å²) in [6.45, 7) is 0. The molecule has 11 aromatic rings. The average molecular weight is 652 g/mol. The SMILES string of the molecule is c1ccc(-n2c3ccccc3c3cc4c5ccccc5n(-c5ncc(-c6cccc7c8ccccc8n(-c8ccccc8)c67)cn5)c4cc32)cc1. The Balaban J connectivity index is 1.15. The predicted octanol–water partition coefficient (Wildman–Crippen LogP) is 11.4. The zero-order valence-corrected chi connectivity index (χ0v) is 27.5.